The topological polar surface area (TPSA) is 68.3 Å². The zero-order chi connectivity index (χ0) is 18.4. The van der Waals surface area contributed by atoms with Gasteiger partial charge in [0.15, 0.2) is 16.9 Å². The molecule has 0 saturated heterocycles. The van der Waals surface area contributed by atoms with E-state index in [1.807, 2.05) is 6.07 Å². The number of nitrogens with zero attached hydrogens (tertiary/aromatic N) is 1. The molecule has 1 N–H and O–H groups in total. The molecule has 0 aliphatic heterocycles. The molecular weight excluding hydrogens is 372 g/mol. The third kappa shape index (κ3) is 4.91. The van der Waals surface area contributed by atoms with E-state index in [4.69, 9.17) is 16.3 Å². The second-order valence-electron chi connectivity index (χ2n) is 5.38. The highest BCUT2D eigenvalue weighted by Gasteiger charge is 2.11. The van der Waals surface area contributed by atoms with E-state index in [-0.39, 0.29) is 12.4 Å². The Morgan fingerprint density at radius 1 is 1.04 bits per heavy atom. The third-order valence-electron chi connectivity index (χ3n) is 3.54. The molecule has 1 aromatic heterocycles. The van der Waals surface area contributed by atoms with E-state index >= 15 is 0 Å². The van der Waals surface area contributed by atoms with Gasteiger partial charge in [0.25, 0.3) is 0 Å². The largest absolute Gasteiger partial charge is 0.454 e. The molecule has 0 amide bonds. The fourth-order valence-electron chi connectivity index (χ4n) is 2.20. The lowest BCUT2D eigenvalue weighted by molar-refractivity contribution is 0.0475. The van der Waals surface area contributed by atoms with Crippen molar-refractivity contribution in [1.82, 2.24) is 4.98 Å². The summed E-state index contributed by atoms with van der Waals surface area (Å²) in [6, 6.07) is 15.6. The number of ketones is 1. The molecule has 132 valence electrons. The summed E-state index contributed by atoms with van der Waals surface area (Å²) in [6.45, 7) is 0.314. The first-order valence-electron chi connectivity index (χ1n) is 7.81. The molecule has 0 aliphatic rings. The lowest BCUT2D eigenvalue weighted by Gasteiger charge is -2.07. The number of Topliss-reactive ketones (excluding diaryl/α,β-unsaturated/α-hetero) is 1. The SMILES string of the molecule is O=C(COC(=O)c1ccc(NCc2cnc(Cl)s2)cc1)c1ccccc1. The number of anilines is 1. The highest BCUT2D eigenvalue weighted by atomic mass is 35.5. The van der Waals surface area contributed by atoms with Crippen LogP contribution in [-0.2, 0) is 11.3 Å². The van der Waals surface area contributed by atoms with E-state index < -0.39 is 5.97 Å². The fourth-order valence-corrected chi connectivity index (χ4v) is 3.12. The second-order valence-corrected chi connectivity index (χ2v) is 7.07. The molecule has 0 atom stereocenters. The Kier molecular flexibility index (Phi) is 5.99. The predicted molar refractivity (Wildman–Crippen MR) is 102 cm³/mol. The summed E-state index contributed by atoms with van der Waals surface area (Å²) in [5, 5.41) is 3.22. The van der Waals surface area contributed by atoms with Gasteiger partial charge in [-0.15, -0.1) is 11.3 Å². The van der Waals surface area contributed by atoms with E-state index in [9.17, 15) is 9.59 Å². The lowest BCUT2D eigenvalue weighted by atomic mass is 10.1. The molecule has 3 aromatic rings. The van der Waals surface area contributed by atoms with Crippen LogP contribution in [0.3, 0.4) is 0 Å². The van der Waals surface area contributed by atoms with E-state index in [0.29, 0.717) is 22.1 Å². The second kappa shape index (κ2) is 8.60. The minimum atomic E-state index is -0.532. The smallest absolute Gasteiger partial charge is 0.338 e. The quantitative estimate of drug-likeness (QED) is 0.480. The van der Waals surface area contributed by atoms with Gasteiger partial charge in [-0.2, -0.15) is 0 Å². The Balaban J connectivity index is 1.51. The zero-order valence-electron chi connectivity index (χ0n) is 13.6. The van der Waals surface area contributed by atoms with Crippen LogP contribution in [0, 0.1) is 0 Å². The Hall–Kier alpha value is -2.70. The van der Waals surface area contributed by atoms with Gasteiger partial charge in [-0.25, -0.2) is 9.78 Å². The molecule has 26 heavy (non-hydrogen) atoms. The van der Waals surface area contributed by atoms with Gasteiger partial charge in [-0.3, -0.25) is 4.79 Å². The van der Waals surface area contributed by atoms with Gasteiger partial charge in [-0.1, -0.05) is 41.9 Å². The van der Waals surface area contributed by atoms with E-state index in [0.717, 1.165) is 10.6 Å². The summed E-state index contributed by atoms with van der Waals surface area (Å²) >= 11 is 7.20. The molecule has 0 saturated carbocycles. The molecule has 0 spiro atoms. The van der Waals surface area contributed by atoms with Crippen LogP contribution in [0.2, 0.25) is 4.47 Å². The first kappa shape index (κ1) is 18.1. The number of benzene rings is 2. The van der Waals surface area contributed by atoms with Gasteiger partial charge in [-0.05, 0) is 24.3 Å². The van der Waals surface area contributed by atoms with Crippen LogP contribution in [-0.4, -0.2) is 23.3 Å². The van der Waals surface area contributed by atoms with Crippen LogP contribution in [0.1, 0.15) is 25.6 Å². The number of hydrogen-bond donors (Lipinski definition) is 1. The number of halogens is 1. The summed E-state index contributed by atoms with van der Waals surface area (Å²) in [5.74, 6) is -0.768. The van der Waals surface area contributed by atoms with Crippen LogP contribution >= 0.6 is 22.9 Å². The summed E-state index contributed by atoms with van der Waals surface area (Å²) in [6.07, 6.45) is 1.72. The van der Waals surface area contributed by atoms with Crippen LogP contribution in [0.4, 0.5) is 5.69 Å². The van der Waals surface area contributed by atoms with Crippen LogP contribution < -0.4 is 5.32 Å². The van der Waals surface area contributed by atoms with Crippen LogP contribution in [0.5, 0.6) is 0 Å². The highest BCUT2D eigenvalue weighted by Crippen LogP contribution is 2.19. The molecule has 1 heterocycles. The molecule has 2 aromatic carbocycles. The lowest BCUT2D eigenvalue weighted by Crippen LogP contribution is -2.14. The van der Waals surface area contributed by atoms with Gasteiger partial charge in [0, 0.05) is 22.3 Å². The summed E-state index contributed by atoms with van der Waals surface area (Å²) in [5.41, 5.74) is 1.76. The average molecular weight is 387 g/mol. The Labute approximate surface area is 159 Å². The molecule has 0 aliphatic carbocycles. The summed E-state index contributed by atoms with van der Waals surface area (Å²) in [4.78, 5) is 29.0. The molecule has 0 bridgehead atoms. The summed E-state index contributed by atoms with van der Waals surface area (Å²) < 4.78 is 5.59. The number of thiazole rings is 1. The third-order valence-corrected chi connectivity index (χ3v) is 4.66. The van der Waals surface area contributed by atoms with Crippen molar-refractivity contribution in [2.24, 2.45) is 0 Å². The monoisotopic (exact) mass is 386 g/mol. The Bertz CT molecular complexity index is 895. The number of carbonyl (C=O) groups is 2. The normalized spacial score (nSPS) is 10.3. The maximum Gasteiger partial charge on any atom is 0.338 e. The zero-order valence-corrected chi connectivity index (χ0v) is 15.2. The van der Waals surface area contributed by atoms with Gasteiger partial charge in [0.1, 0.15) is 0 Å². The van der Waals surface area contributed by atoms with Crippen molar-refractivity contribution in [3.63, 3.8) is 0 Å². The van der Waals surface area contributed by atoms with Crippen molar-refractivity contribution in [3.05, 3.63) is 81.3 Å². The van der Waals surface area contributed by atoms with Crippen LogP contribution in [0.15, 0.2) is 60.8 Å². The van der Waals surface area contributed by atoms with E-state index in [2.05, 4.69) is 10.3 Å². The first-order valence-corrected chi connectivity index (χ1v) is 9.01. The standard InChI is InChI=1S/C19H15ClN2O3S/c20-19-22-11-16(26-19)10-21-15-8-6-14(7-9-15)18(24)25-12-17(23)13-4-2-1-3-5-13/h1-9,11,21H,10,12H2. The van der Waals surface area contributed by atoms with Crippen LogP contribution in [0.25, 0.3) is 0 Å². The van der Waals surface area contributed by atoms with Gasteiger partial charge < -0.3 is 10.1 Å². The molecule has 0 radical (unpaired) electrons. The van der Waals surface area contributed by atoms with Crippen molar-refractivity contribution in [1.29, 1.82) is 0 Å². The molecule has 0 unspecified atom stereocenters. The number of rotatable bonds is 7. The maximum absolute atomic E-state index is 12.1. The number of ether oxygens (including phenoxy) is 1. The molecule has 0 fully saturated rings. The minimum Gasteiger partial charge on any atom is -0.454 e. The minimum absolute atomic E-state index is 0.236. The number of hydrogen-bond acceptors (Lipinski definition) is 6. The predicted octanol–water partition coefficient (Wildman–Crippen LogP) is 4.45. The van der Waals surface area contributed by atoms with Gasteiger partial charge >= 0.3 is 5.97 Å². The molecule has 5 nitrogen and oxygen atoms in total. The Morgan fingerprint density at radius 3 is 2.42 bits per heavy atom. The van der Waals surface area contributed by atoms with Gasteiger partial charge in [0.05, 0.1) is 12.1 Å². The number of carbonyl (C=O) groups excluding carboxylic acids is 2. The fraction of sp³-hybridized carbons (Fsp3) is 0.105. The van der Waals surface area contributed by atoms with Crippen molar-refractivity contribution in [2.75, 3.05) is 11.9 Å². The van der Waals surface area contributed by atoms with E-state index in [1.54, 1.807) is 54.7 Å². The van der Waals surface area contributed by atoms with Crippen molar-refractivity contribution in [3.8, 4) is 0 Å². The summed E-state index contributed by atoms with van der Waals surface area (Å²) in [7, 11) is 0. The maximum atomic E-state index is 12.1. The average Bonchev–Trinajstić information content (AvgIpc) is 3.10. The molecular formula is C19H15ClN2O3S. The number of esters is 1. The van der Waals surface area contributed by atoms with E-state index in [1.165, 1.54) is 11.3 Å². The number of nitrogens with one attached hydrogen (secondary N) is 1. The highest BCUT2D eigenvalue weighted by molar-refractivity contribution is 7.15. The van der Waals surface area contributed by atoms with Gasteiger partial charge in [0.2, 0.25) is 0 Å². The van der Waals surface area contributed by atoms with Crippen molar-refractivity contribution >= 4 is 40.4 Å². The van der Waals surface area contributed by atoms with Crippen molar-refractivity contribution < 1.29 is 14.3 Å². The van der Waals surface area contributed by atoms with Crippen molar-refractivity contribution in [2.45, 2.75) is 6.54 Å². The first-order chi connectivity index (χ1) is 12.6. The molecule has 3 rings (SSSR count). The Morgan fingerprint density at radius 2 is 1.77 bits per heavy atom. The molecule has 7 heteroatoms. The number of aromatic nitrogens is 1.